The van der Waals surface area contributed by atoms with Gasteiger partial charge in [-0.05, 0) is 55.8 Å². The van der Waals surface area contributed by atoms with E-state index in [0.29, 0.717) is 0 Å². The molecule has 0 saturated heterocycles. The zero-order valence-corrected chi connectivity index (χ0v) is 10.8. The van der Waals surface area contributed by atoms with Crippen molar-refractivity contribution in [1.82, 2.24) is 15.1 Å². The predicted octanol–water partition coefficient (Wildman–Crippen LogP) is 2.48. The van der Waals surface area contributed by atoms with Gasteiger partial charge in [0.15, 0.2) is 0 Å². The van der Waals surface area contributed by atoms with Gasteiger partial charge in [0.05, 0.1) is 17.9 Å². The van der Waals surface area contributed by atoms with Crippen LogP contribution in [0, 0.1) is 23.7 Å². The summed E-state index contributed by atoms with van der Waals surface area (Å²) in [6.45, 7) is 2.07. The van der Waals surface area contributed by atoms with Gasteiger partial charge in [-0.2, -0.15) is 5.10 Å². The topological polar surface area (TPSA) is 29.9 Å². The first-order valence-corrected chi connectivity index (χ1v) is 7.64. The Morgan fingerprint density at radius 1 is 1.00 bits per heavy atom. The fourth-order valence-corrected chi connectivity index (χ4v) is 5.63. The van der Waals surface area contributed by atoms with Crippen LogP contribution in [0.3, 0.4) is 0 Å². The summed E-state index contributed by atoms with van der Waals surface area (Å²) in [4.78, 5) is 0. The van der Waals surface area contributed by atoms with Gasteiger partial charge in [0.25, 0.3) is 0 Å². The van der Waals surface area contributed by atoms with Gasteiger partial charge < -0.3 is 5.32 Å². The third-order valence-electron chi connectivity index (χ3n) is 6.05. The van der Waals surface area contributed by atoms with Crippen molar-refractivity contribution in [2.24, 2.45) is 23.7 Å². The normalized spacial score (nSPS) is 44.6. The highest BCUT2D eigenvalue weighted by atomic mass is 15.3. The third-order valence-corrected chi connectivity index (χ3v) is 6.05. The summed E-state index contributed by atoms with van der Waals surface area (Å²) in [5.41, 5.74) is 2.94. The molecule has 0 amide bonds. The van der Waals surface area contributed by atoms with Gasteiger partial charge in [-0.15, -0.1) is 0 Å². The molecule has 96 valence electrons. The number of nitrogens with zero attached hydrogens (tertiary/aromatic N) is 2. The summed E-state index contributed by atoms with van der Waals surface area (Å²) in [5, 5.41) is 8.23. The Morgan fingerprint density at radius 3 is 2.44 bits per heavy atom. The Labute approximate surface area is 108 Å². The van der Waals surface area contributed by atoms with Crippen LogP contribution in [-0.4, -0.2) is 9.78 Å². The van der Waals surface area contributed by atoms with Crippen molar-refractivity contribution in [1.29, 1.82) is 0 Å². The van der Waals surface area contributed by atoms with E-state index in [2.05, 4.69) is 16.2 Å². The van der Waals surface area contributed by atoms with Crippen LogP contribution in [-0.2, 0) is 13.1 Å². The van der Waals surface area contributed by atoms with Gasteiger partial charge in [0.2, 0.25) is 0 Å². The standard InChI is InChI=1S/C15H21N3/c1-9-2-11-4-10(1)5-12(3-9)15(11)18-14-8-16-6-13(14)7-17-18/h7,9-12,15-16H,1-6,8H2. The smallest absolute Gasteiger partial charge is 0.0579 e. The van der Waals surface area contributed by atoms with Crippen LogP contribution >= 0.6 is 0 Å². The van der Waals surface area contributed by atoms with E-state index in [1.807, 2.05) is 0 Å². The van der Waals surface area contributed by atoms with Crippen molar-refractivity contribution in [3.8, 4) is 0 Å². The average molecular weight is 243 g/mol. The molecule has 5 aliphatic rings. The van der Waals surface area contributed by atoms with Gasteiger partial charge in [0.1, 0.15) is 0 Å². The molecule has 0 unspecified atom stereocenters. The Bertz CT molecular complexity index is 462. The first kappa shape index (κ1) is 10.0. The Balaban J connectivity index is 1.56. The molecule has 1 aromatic heterocycles. The fourth-order valence-electron chi connectivity index (χ4n) is 5.63. The van der Waals surface area contributed by atoms with Crippen LogP contribution in [0.15, 0.2) is 6.20 Å². The monoisotopic (exact) mass is 243 g/mol. The Kier molecular flexibility index (Phi) is 1.88. The van der Waals surface area contributed by atoms with E-state index < -0.39 is 0 Å². The highest BCUT2D eigenvalue weighted by Gasteiger charge is 2.49. The Hall–Kier alpha value is -0.830. The molecule has 3 heteroatoms. The summed E-state index contributed by atoms with van der Waals surface area (Å²) in [6.07, 6.45) is 9.60. The molecule has 3 nitrogen and oxygen atoms in total. The number of hydrogen-bond donors (Lipinski definition) is 1. The molecule has 0 radical (unpaired) electrons. The third kappa shape index (κ3) is 1.21. The quantitative estimate of drug-likeness (QED) is 0.821. The van der Waals surface area contributed by atoms with Crippen LogP contribution in [0.2, 0.25) is 0 Å². The van der Waals surface area contributed by atoms with Gasteiger partial charge in [-0.25, -0.2) is 0 Å². The number of nitrogens with one attached hydrogen (secondary N) is 1. The SMILES string of the molecule is c1nn(C2C3CC4CC(C3)CC2C4)c2c1CNC2. The minimum absolute atomic E-state index is 0.737. The van der Waals surface area contributed by atoms with Crippen molar-refractivity contribution in [3.63, 3.8) is 0 Å². The highest BCUT2D eigenvalue weighted by molar-refractivity contribution is 5.23. The molecule has 6 rings (SSSR count). The summed E-state index contributed by atoms with van der Waals surface area (Å²) >= 11 is 0. The van der Waals surface area contributed by atoms with Crippen LogP contribution in [0.4, 0.5) is 0 Å². The van der Waals surface area contributed by atoms with E-state index in [0.717, 1.165) is 42.8 Å². The van der Waals surface area contributed by atoms with E-state index >= 15 is 0 Å². The molecule has 0 spiro atoms. The lowest BCUT2D eigenvalue weighted by Crippen LogP contribution is -2.46. The molecule has 1 N–H and O–H groups in total. The van der Waals surface area contributed by atoms with Gasteiger partial charge in [-0.1, -0.05) is 0 Å². The first-order valence-electron chi connectivity index (χ1n) is 7.64. The van der Waals surface area contributed by atoms with Crippen LogP contribution in [0.1, 0.15) is 49.4 Å². The lowest BCUT2D eigenvalue weighted by molar-refractivity contribution is -0.0346. The summed E-state index contributed by atoms with van der Waals surface area (Å²) < 4.78 is 2.43. The first-order chi connectivity index (χ1) is 8.88. The summed E-state index contributed by atoms with van der Waals surface area (Å²) in [6, 6.07) is 0.737. The lowest BCUT2D eigenvalue weighted by atomic mass is 9.54. The molecule has 4 saturated carbocycles. The minimum atomic E-state index is 0.737. The Morgan fingerprint density at radius 2 is 1.72 bits per heavy atom. The van der Waals surface area contributed by atoms with Gasteiger partial charge in [-0.3, -0.25) is 4.68 Å². The fraction of sp³-hybridized carbons (Fsp3) is 0.800. The molecule has 0 atom stereocenters. The molecule has 18 heavy (non-hydrogen) atoms. The largest absolute Gasteiger partial charge is 0.307 e. The molecular formula is C15H21N3. The second-order valence-corrected chi connectivity index (χ2v) is 7.09. The van der Waals surface area contributed by atoms with Crippen LogP contribution < -0.4 is 5.32 Å². The minimum Gasteiger partial charge on any atom is -0.307 e. The zero-order chi connectivity index (χ0) is 11.7. The van der Waals surface area contributed by atoms with Crippen molar-refractivity contribution in [3.05, 3.63) is 17.5 Å². The summed E-state index contributed by atoms with van der Waals surface area (Å²) in [5.74, 6) is 3.99. The van der Waals surface area contributed by atoms with E-state index in [1.165, 1.54) is 36.9 Å². The molecule has 2 heterocycles. The molecule has 1 aromatic rings. The molecular weight excluding hydrogens is 222 g/mol. The van der Waals surface area contributed by atoms with Crippen molar-refractivity contribution < 1.29 is 0 Å². The van der Waals surface area contributed by atoms with E-state index in [4.69, 9.17) is 5.10 Å². The second-order valence-electron chi connectivity index (χ2n) is 7.09. The molecule has 0 aromatic carbocycles. The second kappa shape index (κ2) is 3.38. The lowest BCUT2D eigenvalue weighted by Gasteiger charge is -2.54. The zero-order valence-electron chi connectivity index (χ0n) is 10.8. The predicted molar refractivity (Wildman–Crippen MR) is 68.9 cm³/mol. The summed E-state index contributed by atoms with van der Waals surface area (Å²) in [7, 11) is 0. The number of rotatable bonds is 1. The van der Waals surface area contributed by atoms with Crippen molar-refractivity contribution in [2.75, 3.05) is 0 Å². The molecule has 4 bridgehead atoms. The number of aromatic nitrogens is 2. The molecule has 4 aliphatic carbocycles. The maximum atomic E-state index is 4.76. The molecule has 4 fully saturated rings. The number of hydrogen-bond acceptors (Lipinski definition) is 2. The molecule has 1 aliphatic heterocycles. The highest BCUT2D eigenvalue weighted by Crippen LogP contribution is 2.58. The van der Waals surface area contributed by atoms with Gasteiger partial charge >= 0.3 is 0 Å². The van der Waals surface area contributed by atoms with Crippen LogP contribution in [0.5, 0.6) is 0 Å². The maximum absolute atomic E-state index is 4.76. The van der Waals surface area contributed by atoms with Crippen molar-refractivity contribution in [2.45, 2.75) is 51.2 Å². The van der Waals surface area contributed by atoms with Crippen molar-refractivity contribution >= 4 is 0 Å². The van der Waals surface area contributed by atoms with E-state index in [-0.39, 0.29) is 0 Å². The number of fused-ring (bicyclic) bond motifs is 1. The van der Waals surface area contributed by atoms with E-state index in [9.17, 15) is 0 Å². The van der Waals surface area contributed by atoms with Gasteiger partial charge in [0, 0.05) is 18.7 Å². The van der Waals surface area contributed by atoms with E-state index in [1.54, 1.807) is 6.42 Å². The maximum Gasteiger partial charge on any atom is 0.0579 e. The average Bonchev–Trinajstić information content (AvgIpc) is 2.91. The van der Waals surface area contributed by atoms with Crippen LogP contribution in [0.25, 0.3) is 0 Å².